The minimum absolute atomic E-state index is 0.0743. The molecule has 0 bridgehead atoms. The summed E-state index contributed by atoms with van der Waals surface area (Å²) in [5, 5.41) is 0.0743. The molecular weight excluding hydrogens is 350 g/mol. The maximum Gasteiger partial charge on any atom is 0.142 e. The van der Waals surface area contributed by atoms with E-state index in [-0.39, 0.29) is 10.8 Å². The Morgan fingerprint density at radius 1 is 0.885 bits per heavy atom. The van der Waals surface area contributed by atoms with Crippen molar-refractivity contribution in [3.05, 3.63) is 106 Å². The van der Waals surface area contributed by atoms with E-state index in [1.165, 1.54) is 17.7 Å². The Morgan fingerprint density at radius 3 is 2.35 bits per heavy atom. The van der Waals surface area contributed by atoms with Gasteiger partial charge in [-0.3, -0.25) is 0 Å². The van der Waals surface area contributed by atoms with Crippen molar-refractivity contribution in [3.63, 3.8) is 0 Å². The number of halogens is 3. The lowest BCUT2D eigenvalue weighted by atomic mass is 9.93. The van der Waals surface area contributed by atoms with E-state index in [9.17, 15) is 8.78 Å². The maximum absolute atomic E-state index is 14.4. The molecule has 0 amide bonds. The van der Waals surface area contributed by atoms with Crippen LogP contribution in [0.15, 0.2) is 66.7 Å². The molecule has 3 aromatic rings. The lowest BCUT2D eigenvalue weighted by molar-refractivity contribution is 0.620. The first-order valence-corrected chi connectivity index (χ1v) is 8.87. The molecule has 132 valence electrons. The van der Waals surface area contributed by atoms with Gasteiger partial charge >= 0.3 is 0 Å². The van der Waals surface area contributed by atoms with Crippen molar-refractivity contribution in [3.8, 4) is 0 Å². The highest BCUT2D eigenvalue weighted by molar-refractivity contribution is 6.30. The molecule has 3 rings (SSSR count). The number of hydrogen-bond acceptors (Lipinski definition) is 0. The molecule has 0 radical (unpaired) electrons. The average Bonchev–Trinajstić information content (AvgIpc) is 2.64. The third kappa shape index (κ3) is 4.59. The van der Waals surface area contributed by atoms with Gasteiger partial charge in [0.25, 0.3) is 0 Å². The van der Waals surface area contributed by atoms with Crippen LogP contribution >= 0.6 is 11.6 Å². The highest BCUT2D eigenvalue weighted by atomic mass is 35.5. The van der Waals surface area contributed by atoms with Crippen LogP contribution in [-0.2, 0) is 6.42 Å². The van der Waals surface area contributed by atoms with Gasteiger partial charge in [0.15, 0.2) is 0 Å². The summed E-state index contributed by atoms with van der Waals surface area (Å²) in [5.41, 5.74) is 3.29. The summed E-state index contributed by atoms with van der Waals surface area (Å²) in [5.74, 6) is -0.456. The Morgan fingerprint density at radius 2 is 1.65 bits per heavy atom. The summed E-state index contributed by atoms with van der Waals surface area (Å²) in [6.45, 7) is 2.14. The second kappa shape index (κ2) is 8.29. The van der Waals surface area contributed by atoms with Crippen LogP contribution < -0.4 is 0 Å². The zero-order valence-electron chi connectivity index (χ0n) is 14.4. The van der Waals surface area contributed by atoms with E-state index in [4.69, 9.17) is 11.6 Å². The lowest BCUT2D eigenvalue weighted by Crippen LogP contribution is -1.99. The summed E-state index contributed by atoms with van der Waals surface area (Å²) in [6.07, 6.45) is 4.08. The fourth-order valence-corrected chi connectivity index (χ4v) is 3.01. The van der Waals surface area contributed by atoms with E-state index in [0.717, 1.165) is 12.0 Å². The SMILES string of the molecule is CC(Cc1ccc(/C=C/c2ccc(Cl)c(F)c2)c(F)c1)c1ccccc1. The predicted octanol–water partition coefficient (Wildman–Crippen LogP) is 7.13. The highest BCUT2D eigenvalue weighted by Crippen LogP contribution is 2.23. The van der Waals surface area contributed by atoms with Crippen molar-refractivity contribution in [2.75, 3.05) is 0 Å². The Bertz CT molecular complexity index is 917. The first-order valence-electron chi connectivity index (χ1n) is 8.49. The third-order valence-electron chi connectivity index (χ3n) is 4.37. The van der Waals surface area contributed by atoms with Crippen LogP contribution in [-0.4, -0.2) is 0 Å². The molecule has 0 saturated carbocycles. The Labute approximate surface area is 157 Å². The number of benzene rings is 3. The van der Waals surface area contributed by atoms with Crippen molar-refractivity contribution < 1.29 is 8.78 Å². The maximum atomic E-state index is 14.4. The van der Waals surface area contributed by atoms with Gasteiger partial charge in [-0.25, -0.2) is 8.78 Å². The van der Waals surface area contributed by atoms with Crippen LogP contribution in [0.1, 0.15) is 35.1 Å². The molecule has 0 N–H and O–H groups in total. The van der Waals surface area contributed by atoms with Gasteiger partial charge in [-0.15, -0.1) is 0 Å². The summed E-state index contributed by atoms with van der Waals surface area (Å²) < 4.78 is 27.9. The van der Waals surface area contributed by atoms with Crippen LogP contribution in [0.3, 0.4) is 0 Å². The molecule has 1 unspecified atom stereocenters. The lowest BCUT2D eigenvalue weighted by Gasteiger charge is -2.12. The minimum Gasteiger partial charge on any atom is -0.206 e. The zero-order chi connectivity index (χ0) is 18.5. The van der Waals surface area contributed by atoms with Crippen LogP contribution in [0, 0.1) is 11.6 Å². The van der Waals surface area contributed by atoms with Crippen LogP contribution in [0.25, 0.3) is 12.2 Å². The van der Waals surface area contributed by atoms with Gasteiger partial charge in [0.1, 0.15) is 11.6 Å². The summed E-state index contributed by atoms with van der Waals surface area (Å²) >= 11 is 5.67. The largest absolute Gasteiger partial charge is 0.206 e. The molecule has 1 atom stereocenters. The van der Waals surface area contributed by atoms with Crippen molar-refractivity contribution >= 4 is 23.8 Å². The second-order valence-corrected chi connectivity index (χ2v) is 6.79. The van der Waals surface area contributed by atoms with Crippen molar-refractivity contribution in [2.24, 2.45) is 0 Å². The van der Waals surface area contributed by atoms with Gasteiger partial charge in [-0.1, -0.05) is 79.2 Å². The Balaban J connectivity index is 1.73. The minimum atomic E-state index is -0.487. The molecule has 0 saturated heterocycles. The molecule has 3 heteroatoms. The van der Waals surface area contributed by atoms with Gasteiger partial charge < -0.3 is 0 Å². The molecule has 0 heterocycles. The fraction of sp³-hybridized carbons (Fsp3) is 0.130. The highest BCUT2D eigenvalue weighted by Gasteiger charge is 2.08. The summed E-state index contributed by atoms with van der Waals surface area (Å²) in [6, 6.07) is 20.0. The zero-order valence-corrected chi connectivity index (χ0v) is 15.2. The van der Waals surface area contributed by atoms with Gasteiger partial charge in [0.2, 0.25) is 0 Å². The first-order chi connectivity index (χ1) is 12.5. The normalized spacial score (nSPS) is 12.5. The summed E-state index contributed by atoms with van der Waals surface area (Å²) in [7, 11) is 0. The molecule has 0 aliphatic rings. The number of hydrogen-bond donors (Lipinski definition) is 0. The molecule has 0 nitrogen and oxygen atoms in total. The number of rotatable bonds is 5. The predicted molar refractivity (Wildman–Crippen MR) is 105 cm³/mol. The smallest absolute Gasteiger partial charge is 0.142 e. The van der Waals surface area contributed by atoms with E-state index in [0.29, 0.717) is 17.0 Å². The van der Waals surface area contributed by atoms with E-state index in [1.807, 2.05) is 24.3 Å². The standard InChI is InChI=1S/C23H19ClF2/c1-16(19-5-3-2-4-6-19)13-18-8-11-20(22(25)15-18)10-7-17-9-12-21(24)23(26)14-17/h2-12,14-16H,13H2,1H3/b10-7+. The molecular formula is C23H19ClF2. The van der Waals surface area contributed by atoms with Crippen molar-refractivity contribution in [1.29, 1.82) is 0 Å². The molecule has 0 aliphatic carbocycles. The van der Waals surface area contributed by atoms with Gasteiger partial charge in [0, 0.05) is 5.56 Å². The molecule has 3 aromatic carbocycles. The Hall–Kier alpha value is -2.45. The van der Waals surface area contributed by atoms with E-state index in [1.54, 1.807) is 30.4 Å². The van der Waals surface area contributed by atoms with Crippen LogP contribution in [0.5, 0.6) is 0 Å². The topological polar surface area (TPSA) is 0 Å². The first kappa shape index (κ1) is 18.3. The molecule has 0 aromatic heterocycles. The third-order valence-corrected chi connectivity index (χ3v) is 4.68. The average molecular weight is 369 g/mol. The quantitative estimate of drug-likeness (QED) is 0.420. The summed E-state index contributed by atoms with van der Waals surface area (Å²) in [4.78, 5) is 0. The van der Waals surface area contributed by atoms with Gasteiger partial charge in [-0.05, 0) is 47.2 Å². The van der Waals surface area contributed by atoms with E-state index >= 15 is 0 Å². The van der Waals surface area contributed by atoms with E-state index in [2.05, 4.69) is 19.1 Å². The van der Waals surface area contributed by atoms with Gasteiger partial charge in [0.05, 0.1) is 5.02 Å². The molecule has 0 fully saturated rings. The van der Waals surface area contributed by atoms with Gasteiger partial charge in [-0.2, -0.15) is 0 Å². The fourth-order valence-electron chi connectivity index (χ4n) is 2.89. The van der Waals surface area contributed by atoms with Crippen LogP contribution in [0.4, 0.5) is 8.78 Å². The van der Waals surface area contributed by atoms with E-state index < -0.39 is 5.82 Å². The molecule has 26 heavy (non-hydrogen) atoms. The van der Waals surface area contributed by atoms with Crippen LogP contribution in [0.2, 0.25) is 5.02 Å². The second-order valence-electron chi connectivity index (χ2n) is 6.38. The van der Waals surface area contributed by atoms with Crippen molar-refractivity contribution in [1.82, 2.24) is 0 Å². The molecule has 0 aliphatic heterocycles. The molecule has 0 spiro atoms. The van der Waals surface area contributed by atoms with Crippen molar-refractivity contribution in [2.45, 2.75) is 19.3 Å². The Kier molecular flexibility index (Phi) is 5.85. The monoisotopic (exact) mass is 368 g/mol.